The summed E-state index contributed by atoms with van der Waals surface area (Å²) in [6.07, 6.45) is 2.03. The van der Waals surface area contributed by atoms with Gasteiger partial charge in [0.15, 0.2) is 0 Å². The van der Waals surface area contributed by atoms with Crippen molar-refractivity contribution in [1.82, 2.24) is 0 Å². The van der Waals surface area contributed by atoms with Crippen molar-refractivity contribution in [2.45, 2.75) is 13.3 Å². The van der Waals surface area contributed by atoms with Crippen molar-refractivity contribution in [2.75, 3.05) is 6.61 Å². The van der Waals surface area contributed by atoms with E-state index in [-0.39, 0.29) is 17.5 Å². The van der Waals surface area contributed by atoms with E-state index in [4.69, 9.17) is 5.11 Å². The topological polar surface area (TPSA) is 63.6 Å². The third-order valence-electron chi connectivity index (χ3n) is 1.76. The molecule has 1 heterocycles. The van der Waals surface area contributed by atoms with Crippen LogP contribution in [-0.4, -0.2) is 23.7 Å². The summed E-state index contributed by atoms with van der Waals surface area (Å²) < 4.78 is 4.67. The molecule has 66 valence electrons. The lowest BCUT2D eigenvalue weighted by Gasteiger charge is -1.97. The number of carboxylic acid groups (broad SMARTS) is 1. The number of aliphatic carboxylic acids is 1. The second kappa shape index (κ2) is 3.38. The molecule has 1 saturated heterocycles. The van der Waals surface area contributed by atoms with Crippen LogP contribution in [0.1, 0.15) is 13.3 Å². The van der Waals surface area contributed by atoms with Gasteiger partial charge in [-0.05, 0) is 13.3 Å². The van der Waals surface area contributed by atoms with E-state index in [2.05, 4.69) is 4.74 Å². The van der Waals surface area contributed by atoms with Crippen molar-refractivity contribution in [3.8, 4) is 0 Å². The van der Waals surface area contributed by atoms with Gasteiger partial charge in [0.2, 0.25) is 0 Å². The van der Waals surface area contributed by atoms with E-state index >= 15 is 0 Å². The van der Waals surface area contributed by atoms with Crippen molar-refractivity contribution >= 4 is 11.9 Å². The van der Waals surface area contributed by atoms with E-state index in [1.54, 1.807) is 0 Å². The third-order valence-corrected chi connectivity index (χ3v) is 1.76. The van der Waals surface area contributed by atoms with Crippen LogP contribution in [0.2, 0.25) is 0 Å². The van der Waals surface area contributed by atoms with Gasteiger partial charge in [-0.15, -0.1) is 0 Å². The smallest absolute Gasteiger partial charge is 0.330 e. The summed E-state index contributed by atoms with van der Waals surface area (Å²) in [7, 11) is 0. The molecule has 1 atom stereocenters. The van der Waals surface area contributed by atoms with Gasteiger partial charge in [0.05, 0.1) is 12.5 Å². The number of hydrogen-bond acceptors (Lipinski definition) is 3. The van der Waals surface area contributed by atoms with E-state index in [0.717, 1.165) is 0 Å². The van der Waals surface area contributed by atoms with Gasteiger partial charge < -0.3 is 9.84 Å². The zero-order valence-electron chi connectivity index (χ0n) is 6.74. The van der Waals surface area contributed by atoms with Crippen molar-refractivity contribution in [3.05, 3.63) is 11.6 Å². The van der Waals surface area contributed by atoms with Gasteiger partial charge in [0.25, 0.3) is 0 Å². The average molecular weight is 170 g/mol. The molecule has 4 heteroatoms. The second-order valence-electron chi connectivity index (χ2n) is 2.72. The molecular weight excluding hydrogens is 160 g/mol. The van der Waals surface area contributed by atoms with Crippen molar-refractivity contribution in [1.29, 1.82) is 0 Å². The average Bonchev–Trinajstić information content (AvgIpc) is 2.36. The first kappa shape index (κ1) is 8.77. The fraction of sp³-hybridized carbons (Fsp3) is 0.500. The molecule has 0 aromatic heterocycles. The Morgan fingerprint density at radius 1 is 1.75 bits per heavy atom. The zero-order valence-corrected chi connectivity index (χ0v) is 6.74. The maximum absolute atomic E-state index is 10.9. The van der Waals surface area contributed by atoms with E-state index in [1.807, 2.05) is 0 Å². The molecule has 0 aromatic rings. The standard InChI is InChI=1S/C8H10O4/c1-5(7(9)10)4-6-2-3-12-8(6)11/h4,6H,2-3H2,1H3,(H,9,10)/b5-4+. The highest BCUT2D eigenvalue weighted by atomic mass is 16.5. The normalized spacial score (nSPS) is 23.9. The number of carbonyl (C=O) groups is 2. The molecular formula is C8H10O4. The van der Waals surface area contributed by atoms with Crippen LogP contribution in [-0.2, 0) is 14.3 Å². The Morgan fingerprint density at radius 3 is 2.83 bits per heavy atom. The zero-order chi connectivity index (χ0) is 9.14. The molecule has 0 radical (unpaired) electrons. The maximum atomic E-state index is 10.9. The number of cyclic esters (lactones) is 1. The Bertz CT molecular complexity index is 241. The summed E-state index contributed by atoms with van der Waals surface area (Å²) in [5, 5.41) is 8.51. The minimum Gasteiger partial charge on any atom is -0.478 e. The largest absolute Gasteiger partial charge is 0.478 e. The van der Waals surface area contributed by atoms with Crippen molar-refractivity contribution < 1.29 is 19.4 Å². The molecule has 12 heavy (non-hydrogen) atoms. The SMILES string of the molecule is C/C(=C\C1CCOC1=O)C(=O)O. The summed E-state index contributed by atoms with van der Waals surface area (Å²) >= 11 is 0. The highest BCUT2D eigenvalue weighted by Crippen LogP contribution is 2.17. The predicted molar refractivity (Wildman–Crippen MR) is 40.5 cm³/mol. The number of rotatable bonds is 2. The molecule has 0 bridgehead atoms. The van der Waals surface area contributed by atoms with E-state index in [1.165, 1.54) is 13.0 Å². The summed E-state index contributed by atoms with van der Waals surface area (Å²) in [5.41, 5.74) is 0.193. The molecule has 0 amide bonds. The van der Waals surface area contributed by atoms with E-state index in [9.17, 15) is 9.59 Å². The number of hydrogen-bond donors (Lipinski definition) is 1. The fourth-order valence-electron chi connectivity index (χ4n) is 1.04. The Balaban J connectivity index is 2.66. The number of carboxylic acids is 1. The van der Waals surface area contributed by atoms with Crippen LogP contribution >= 0.6 is 0 Å². The van der Waals surface area contributed by atoms with Gasteiger partial charge in [-0.25, -0.2) is 4.79 Å². The van der Waals surface area contributed by atoms with Gasteiger partial charge in [-0.1, -0.05) is 6.08 Å². The minimum atomic E-state index is -0.991. The van der Waals surface area contributed by atoms with Crippen molar-refractivity contribution in [3.63, 3.8) is 0 Å². The summed E-state index contributed by atoms with van der Waals surface area (Å²) in [4.78, 5) is 21.2. The number of esters is 1. The first-order valence-electron chi connectivity index (χ1n) is 3.69. The van der Waals surface area contributed by atoms with Crippen LogP contribution in [0.3, 0.4) is 0 Å². The van der Waals surface area contributed by atoms with Crippen molar-refractivity contribution in [2.24, 2.45) is 5.92 Å². The van der Waals surface area contributed by atoms with Crippen LogP contribution in [0.5, 0.6) is 0 Å². The van der Waals surface area contributed by atoms with Crippen LogP contribution in [0.15, 0.2) is 11.6 Å². The maximum Gasteiger partial charge on any atom is 0.330 e. The molecule has 1 fully saturated rings. The lowest BCUT2D eigenvalue weighted by Crippen LogP contribution is -2.07. The van der Waals surface area contributed by atoms with Gasteiger partial charge in [0.1, 0.15) is 0 Å². The molecule has 1 rings (SSSR count). The molecule has 4 nitrogen and oxygen atoms in total. The lowest BCUT2D eigenvalue weighted by molar-refractivity contribution is -0.140. The Labute approximate surface area is 69.8 Å². The second-order valence-corrected chi connectivity index (χ2v) is 2.72. The molecule has 0 aliphatic carbocycles. The summed E-state index contributed by atoms with van der Waals surface area (Å²) in [6, 6.07) is 0. The molecule has 0 spiro atoms. The number of carbonyl (C=O) groups excluding carboxylic acids is 1. The van der Waals surface area contributed by atoms with Crippen LogP contribution in [0.4, 0.5) is 0 Å². The highest BCUT2D eigenvalue weighted by Gasteiger charge is 2.24. The Hall–Kier alpha value is -1.32. The van der Waals surface area contributed by atoms with Crippen LogP contribution in [0.25, 0.3) is 0 Å². The molecule has 1 unspecified atom stereocenters. The summed E-state index contributed by atoms with van der Waals surface area (Å²) in [6.45, 7) is 1.86. The Kier molecular flexibility index (Phi) is 2.47. The molecule has 1 N–H and O–H groups in total. The lowest BCUT2D eigenvalue weighted by atomic mass is 10.1. The fourth-order valence-corrected chi connectivity index (χ4v) is 1.04. The third kappa shape index (κ3) is 1.84. The monoisotopic (exact) mass is 170 g/mol. The van der Waals surface area contributed by atoms with Gasteiger partial charge >= 0.3 is 11.9 Å². The van der Waals surface area contributed by atoms with Gasteiger partial charge in [-0.2, -0.15) is 0 Å². The first-order chi connectivity index (χ1) is 5.61. The first-order valence-corrected chi connectivity index (χ1v) is 3.69. The van der Waals surface area contributed by atoms with E-state index in [0.29, 0.717) is 13.0 Å². The van der Waals surface area contributed by atoms with E-state index < -0.39 is 5.97 Å². The van der Waals surface area contributed by atoms with Gasteiger partial charge in [-0.3, -0.25) is 4.79 Å². The number of ether oxygens (including phenoxy) is 1. The predicted octanol–water partition coefficient (Wildman–Crippen LogP) is 0.580. The quantitative estimate of drug-likeness (QED) is 0.486. The Morgan fingerprint density at radius 2 is 2.42 bits per heavy atom. The van der Waals surface area contributed by atoms with Crippen LogP contribution < -0.4 is 0 Å². The van der Waals surface area contributed by atoms with Gasteiger partial charge in [0, 0.05) is 5.57 Å². The van der Waals surface area contributed by atoms with Crippen LogP contribution in [0, 0.1) is 5.92 Å². The molecule has 0 aromatic carbocycles. The molecule has 1 aliphatic heterocycles. The highest BCUT2D eigenvalue weighted by molar-refractivity contribution is 5.87. The minimum absolute atomic E-state index is 0.193. The summed E-state index contributed by atoms with van der Waals surface area (Å²) in [5.74, 6) is -1.67. The molecule has 1 aliphatic rings. The molecule has 0 saturated carbocycles.